The number of carboxylic acid groups (broad SMARTS) is 1. The number of aliphatic carboxylic acids is 1. The molecule has 5 nitrogen and oxygen atoms in total. The van der Waals surface area contributed by atoms with Gasteiger partial charge in [-0.05, 0) is 62.6 Å². The topological polar surface area (TPSA) is 60.9 Å². The maximum atomic E-state index is 15.0. The number of benzene rings is 2. The Kier molecular flexibility index (Phi) is 6.92. The summed E-state index contributed by atoms with van der Waals surface area (Å²) in [7, 11) is 1.78. The Bertz CT molecular complexity index is 1240. The van der Waals surface area contributed by atoms with Gasteiger partial charge in [0.15, 0.2) is 0 Å². The average molecular weight is 547 g/mol. The molecule has 1 aliphatic carbocycles. The smallest absolute Gasteiger partial charge is 0.426 e. The minimum absolute atomic E-state index is 0.0284. The highest BCUT2D eigenvalue weighted by molar-refractivity contribution is 5.81. The van der Waals surface area contributed by atoms with E-state index in [1.54, 1.807) is 13.1 Å². The van der Waals surface area contributed by atoms with Crippen LogP contribution in [0.15, 0.2) is 48.5 Å². The van der Waals surface area contributed by atoms with Gasteiger partial charge in [-0.15, -0.1) is 0 Å². The summed E-state index contributed by atoms with van der Waals surface area (Å²) in [6, 6.07) is 13.8. The van der Waals surface area contributed by atoms with Crippen LogP contribution < -0.4 is 4.90 Å². The van der Waals surface area contributed by atoms with Gasteiger partial charge in [0.2, 0.25) is 11.6 Å². The lowest BCUT2D eigenvalue weighted by molar-refractivity contribution is -0.228. The first-order valence-corrected chi connectivity index (χ1v) is 13.5. The van der Waals surface area contributed by atoms with Gasteiger partial charge in [-0.1, -0.05) is 42.5 Å². The summed E-state index contributed by atoms with van der Waals surface area (Å²) in [6.45, 7) is 1.47. The Hall–Kier alpha value is -3.10. The summed E-state index contributed by atoms with van der Waals surface area (Å²) in [5.41, 5.74) is -2.01. The molecule has 3 atom stereocenters. The molecule has 0 spiro atoms. The number of hydrogen-bond acceptors (Lipinski definition) is 3. The quantitative estimate of drug-likeness (QED) is 0.478. The number of carboxylic acids is 1. The van der Waals surface area contributed by atoms with Gasteiger partial charge in [-0.25, -0.2) is 4.39 Å². The monoisotopic (exact) mass is 546 g/mol. The molecule has 2 aromatic rings. The number of anilines is 1. The fourth-order valence-corrected chi connectivity index (χ4v) is 6.96. The molecule has 1 saturated carbocycles. The zero-order valence-corrected chi connectivity index (χ0v) is 22.2. The fourth-order valence-electron chi connectivity index (χ4n) is 6.96. The number of fused-ring (bicyclic) bond motifs is 3. The molecular formula is C30H34F4N2O3. The Morgan fingerprint density at radius 1 is 1.00 bits per heavy atom. The van der Waals surface area contributed by atoms with E-state index >= 15 is 0 Å². The van der Waals surface area contributed by atoms with Gasteiger partial charge >= 0.3 is 12.1 Å². The highest BCUT2D eigenvalue weighted by Gasteiger charge is 2.57. The van der Waals surface area contributed by atoms with Gasteiger partial charge in [-0.2, -0.15) is 13.2 Å². The Morgan fingerprint density at radius 3 is 2.26 bits per heavy atom. The van der Waals surface area contributed by atoms with Gasteiger partial charge in [-0.3, -0.25) is 9.59 Å². The largest absolute Gasteiger partial charge is 0.481 e. The summed E-state index contributed by atoms with van der Waals surface area (Å²) in [6.07, 6.45) is -1.79. The van der Waals surface area contributed by atoms with Crippen LogP contribution in [0.1, 0.15) is 55.7 Å². The summed E-state index contributed by atoms with van der Waals surface area (Å²) in [5, 5.41) is 9.35. The lowest BCUT2D eigenvalue weighted by atomic mass is 9.66. The molecule has 0 radical (unpaired) electrons. The predicted molar refractivity (Wildman–Crippen MR) is 139 cm³/mol. The molecule has 0 aromatic heterocycles. The number of amides is 1. The lowest BCUT2D eigenvalue weighted by Crippen LogP contribution is -2.56. The van der Waals surface area contributed by atoms with Crippen molar-refractivity contribution in [3.05, 3.63) is 65.2 Å². The van der Waals surface area contributed by atoms with Crippen molar-refractivity contribution in [1.29, 1.82) is 0 Å². The zero-order chi connectivity index (χ0) is 28.2. The second kappa shape index (κ2) is 9.82. The van der Waals surface area contributed by atoms with E-state index in [0.29, 0.717) is 64.2 Å². The standard InChI is InChI=1S/C30H34F4N2O3/c1-28(31,30(32,33)34)22-12-13-23-24(16-22)35(2)18-25-29(23,17-19-6-4-3-5-7-19)14-15-36(25)26(37)20-8-10-21(11-9-20)27(38)39/h3-7,12-13,16,20-21,25H,8-11,14-15,17-18H2,1-2H3,(H,38,39). The van der Waals surface area contributed by atoms with Crippen LogP contribution in [-0.4, -0.2) is 54.2 Å². The second-order valence-corrected chi connectivity index (χ2v) is 11.6. The molecule has 3 aliphatic rings. The van der Waals surface area contributed by atoms with Crippen LogP contribution in [0.25, 0.3) is 0 Å². The van der Waals surface area contributed by atoms with Crippen molar-refractivity contribution in [3.8, 4) is 0 Å². The lowest BCUT2D eigenvalue weighted by Gasteiger charge is -2.48. The minimum atomic E-state index is -5.05. The molecule has 39 heavy (non-hydrogen) atoms. The van der Waals surface area contributed by atoms with E-state index in [2.05, 4.69) is 0 Å². The maximum Gasteiger partial charge on any atom is 0.426 e. The number of nitrogens with zero attached hydrogens (tertiary/aromatic N) is 2. The third-order valence-corrected chi connectivity index (χ3v) is 9.35. The van der Waals surface area contributed by atoms with Gasteiger partial charge in [0.05, 0.1) is 12.0 Å². The second-order valence-electron chi connectivity index (χ2n) is 11.6. The molecule has 1 N–H and O–H groups in total. The first-order valence-electron chi connectivity index (χ1n) is 13.5. The molecule has 3 unspecified atom stereocenters. The third kappa shape index (κ3) is 4.67. The van der Waals surface area contributed by atoms with Gasteiger partial charge in [0.1, 0.15) is 0 Å². The Labute approximate surface area is 225 Å². The Morgan fingerprint density at radius 2 is 1.64 bits per heavy atom. The van der Waals surface area contributed by atoms with Crippen LogP contribution in [0.2, 0.25) is 0 Å². The predicted octanol–water partition coefficient (Wildman–Crippen LogP) is 5.86. The van der Waals surface area contributed by atoms with Crippen molar-refractivity contribution in [1.82, 2.24) is 4.90 Å². The summed E-state index contributed by atoms with van der Waals surface area (Å²) >= 11 is 0. The number of carbonyl (C=O) groups is 2. The van der Waals surface area contributed by atoms with E-state index in [9.17, 15) is 32.3 Å². The van der Waals surface area contributed by atoms with E-state index in [0.717, 1.165) is 11.1 Å². The molecule has 0 bridgehead atoms. The molecule has 1 amide bonds. The molecule has 2 heterocycles. The van der Waals surface area contributed by atoms with Crippen LogP contribution in [0.4, 0.5) is 23.2 Å². The average Bonchev–Trinajstić information content (AvgIpc) is 3.27. The third-order valence-electron chi connectivity index (χ3n) is 9.35. The normalized spacial score (nSPS) is 28.4. The van der Waals surface area contributed by atoms with Crippen molar-refractivity contribution in [3.63, 3.8) is 0 Å². The molecule has 9 heteroatoms. The fraction of sp³-hybridized carbons (Fsp3) is 0.533. The van der Waals surface area contributed by atoms with Crippen LogP contribution in [0.5, 0.6) is 0 Å². The van der Waals surface area contributed by atoms with Crippen molar-refractivity contribution < 1.29 is 32.3 Å². The van der Waals surface area contributed by atoms with Crippen molar-refractivity contribution in [2.75, 3.05) is 25.0 Å². The highest BCUT2D eigenvalue weighted by Crippen LogP contribution is 2.52. The molecular weight excluding hydrogens is 512 g/mol. The maximum absolute atomic E-state index is 15.0. The molecule has 1 saturated heterocycles. The van der Waals surface area contributed by atoms with Crippen LogP contribution in [0, 0.1) is 11.8 Å². The number of carbonyl (C=O) groups excluding carboxylic acids is 1. The number of hydrogen-bond donors (Lipinski definition) is 1. The first kappa shape index (κ1) is 27.5. The molecule has 5 rings (SSSR count). The van der Waals surface area contributed by atoms with Gasteiger partial charge < -0.3 is 14.9 Å². The number of likely N-dealkylation sites (N-methyl/N-ethyl adjacent to an activating group) is 1. The van der Waals surface area contributed by atoms with Gasteiger partial charge in [0, 0.05) is 42.7 Å². The molecule has 210 valence electrons. The number of alkyl halides is 4. The van der Waals surface area contributed by atoms with Crippen molar-refractivity contribution in [2.24, 2.45) is 11.8 Å². The van der Waals surface area contributed by atoms with E-state index in [4.69, 9.17) is 0 Å². The van der Waals surface area contributed by atoms with Crippen LogP contribution in [-0.2, 0) is 27.1 Å². The summed E-state index contributed by atoms with van der Waals surface area (Å²) < 4.78 is 55.6. The van der Waals surface area contributed by atoms with Crippen LogP contribution in [0.3, 0.4) is 0 Å². The highest BCUT2D eigenvalue weighted by atomic mass is 19.4. The minimum Gasteiger partial charge on any atom is -0.481 e. The Balaban J connectivity index is 1.52. The van der Waals surface area contributed by atoms with Gasteiger partial charge in [0.25, 0.3) is 0 Å². The van der Waals surface area contributed by atoms with E-state index in [-0.39, 0.29) is 17.9 Å². The van der Waals surface area contributed by atoms with E-state index in [1.807, 2.05) is 40.1 Å². The molecule has 2 aromatic carbocycles. The van der Waals surface area contributed by atoms with E-state index in [1.165, 1.54) is 12.1 Å². The number of likely N-dealkylation sites (tertiary alicyclic amines) is 1. The van der Waals surface area contributed by atoms with Crippen molar-refractivity contribution >= 4 is 17.6 Å². The number of rotatable bonds is 5. The zero-order valence-electron chi connectivity index (χ0n) is 22.2. The molecule has 2 aliphatic heterocycles. The van der Waals surface area contributed by atoms with Crippen molar-refractivity contribution in [2.45, 2.75) is 68.8 Å². The number of halogens is 4. The molecule has 2 fully saturated rings. The van der Waals surface area contributed by atoms with E-state index < -0.39 is 34.7 Å². The first-order chi connectivity index (χ1) is 18.3. The summed E-state index contributed by atoms with van der Waals surface area (Å²) in [4.78, 5) is 29.0. The van der Waals surface area contributed by atoms with Crippen LogP contribution >= 0.6 is 0 Å². The summed E-state index contributed by atoms with van der Waals surface area (Å²) in [5.74, 6) is -1.44. The SMILES string of the molecule is CN1CC2N(C(=O)C3CCC(C(=O)O)CC3)CCC2(Cc2ccccc2)c2ccc(C(C)(F)C(F)(F)F)cc21.